The molecule has 18 heavy (non-hydrogen) atoms. The third-order valence-electron chi connectivity index (χ3n) is 2.77. The van der Waals surface area contributed by atoms with Crippen molar-refractivity contribution in [2.24, 2.45) is 0 Å². The molecule has 1 aromatic heterocycles. The fraction of sp³-hybridized carbons (Fsp3) is 0.357. The molecule has 4 heteroatoms. The van der Waals surface area contributed by atoms with Gasteiger partial charge in [0.05, 0.1) is 11.9 Å². The summed E-state index contributed by atoms with van der Waals surface area (Å²) < 4.78 is 1.87. The highest BCUT2D eigenvalue weighted by atomic mass is 35.5. The summed E-state index contributed by atoms with van der Waals surface area (Å²) in [6, 6.07) is 6.31. The molecular weight excluding hydrogens is 246 g/mol. The summed E-state index contributed by atoms with van der Waals surface area (Å²) in [5, 5.41) is 8.49. The number of nitrogens with one attached hydrogen (secondary N) is 1. The van der Waals surface area contributed by atoms with Gasteiger partial charge in [0.25, 0.3) is 0 Å². The lowest BCUT2D eigenvalue weighted by Gasteiger charge is -2.07. The Hall–Kier alpha value is -1.32. The van der Waals surface area contributed by atoms with Crippen molar-refractivity contribution in [2.75, 3.05) is 0 Å². The van der Waals surface area contributed by atoms with Gasteiger partial charge in [-0.25, -0.2) is 4.68 Å². The van der Waals surface area contributed by atoms with Gasteiger partial charge in [0.2, 0.25) is 0 Å². The molecule has 0 fully saturated rings. The highest BCUT2D eigenvalue weighted by molar-refractivity contribution is 6.30. The zero-order valence-electron chi connectivity index (χ0n) is 10.9. The van der Waals surface area contributed by atoms with Gasteiger partial charge in [-0.05, 0) is 24.6 Å². The number of halogens is 1. The molecule has 2 rings (SSSR count). The number of hydrogen-bond acceptors (Lipinski definition) is 2. The molecule has 0 aliphatic carbocycles. The second kappa shape index (κ2) is 5.55. The first-order valence-electron chi connectivity index (χ1n) is 6.09. The van der Waals surface area contributed by atoms with Crippen molar-refractivity contribution >= 4 is 11.6 Å². The molecule has 0 bridgehead atoms. The van der Waals surface area contributed by atoms with Crippen LogP contribution in [0.1, 0.15) is 25.0 Å². The Morgan fingerprint density at radius 2 is 2.17 bits per heavy atom. The summed E-state index contributed by atoms with van der Waals surface area (Å²) in [5.41, 5.74) is 3.35. The lowest BCUT2D eigenvalue weighted by molar-refractivity contribution is 0.589. The van der Waals surface area contributed by atoms with E-state index < -0.39 is 0 Å². The summed E-state index contributed by atoms with van der Waals surface area (Å²) in [5.74, 6) is 0. The number of nitrogens with zero attached hydrogens (tertiary/aromatic N) is 2. The third-order valence-corrected chi connectivity index (χ3v) is 3.00. The first-order chi connectivity index (χ1) is 8.56. The van der Waals surface area contributed by atoms with E-state index >= 15 is 0 Å². The molecule has 0 spiro atoms. The molecule has 1 aromatic carbocycles. The average molecular weight is 264 g/mol. The Kier molecular flexibility index (Phi) is 4.04. The summed E-state index contributed by atoms with van der Waals surface area (Å²) in [6.07, 6.45) is 3.92. The molecule has 1 N–H and O–H groups in total. The molecule has 1 heterocycles. The summed E-state index contributed by atoms with van der Waals surface area (Å²) in [4.78, 5) is 0. The van der Waals surface area contributed by atoms with Crippen LogP contribution in [-0.4, -0.2) is 15.8 Å². The van der Waals surface area contributed by atoms with E-state index in [4.69, 9.17) is 11.6 Å². The summed E-state index contributed by atoms with van der Waals surface area (Å²) >= 11 is 6.02. The Labute approximate surface area is 113 Å². The molecule has 0 amide bonds. The van der Waals surface area contributed by atoms with Crippen LogP contribution in [0.15, 0.2) is 30.6 Å². The van der Waals surface area contributed by atoms with Crippen LogP contribution in [-0.2, 0) is 6.54 Å². The second-order valence-corrected chi connectivity index (χ2v) is 5.20. The van der Waals surface area contributed by atoms with Gasteiger partial charge in [0.15, 0.2) is 0 Å². The van der Waals surface area contributed by atoms with Crippen LogP contribution in [0.3, 0.4) is 0 Å². The van der Waals surface area contributed by atoms with Gasteiger partial charge < -0.3 is 5.32 Å². The van der Waals surface area contributed by atoms with E-state index in [0.29, 0.717) is 6.04 Å². The molecule has 0 atom stereocenters. The van der Waals surface area contributed by atoms with Crippen LogP contribution in [0.25, 0.3) is 5.69 Å². The van der Waals surface area contributed by atoms with Gasteiger partial charge >= 0.3 is 0 Å². The molecule has 0 radical (unpaired) electrons. The SMILES string of the molecule is Cc1ccc(Cl)cc1-n1cc(CNC(C)C)cn1. The zero-order valence-corrected chi connectivity index (χ0v) is 11.7. The van der Waals surface area contributed by atoms with E-state index in [0.717, 1.165) is 22.8 Å². The lowest BCUT2D eigenvalue weighted by Crippen LogP contribution is -2.21. The highest BCUT2D eigenvalue weighted by Gasteiger charge is 2.05. The van der Waals surface area contributed by atoms with E-state index in [2.05, 4.69) is 31.2 Å². The average Bonchev–Trinajstić information content (AvgIpc) is 2.78. The maximum absolute atomic E-state index is 6.02. The van der Waals surface area contributed by atoms with Crippen LogP contribution >= 0.6 is 11.6 Å². The predicted molar refractivity (Wildman–Crippen MR) is 75.3 cm³/mol. The smallest absolute Gasteiger partial charge is 0.0689 e. The van der Waals surface area contributed by atoms with Crippen molar-refractivity contribution in [3.8, 4) is 5.69 Å². The van der Waals surface area contributed by atoms with Crippen LogP contribution in [0.2, 0.25) is 5.02 Å². The van der Waals surface area contributed by atoms with Crippen molar-refractivity contribution in [2.45, 2.75) is 33.4 Å². The Balaban J connectivity index is 2.21. The lowest BCUT2D eigenvalue weighted by atomic mass is 10.2. The quantitative estimate of drug-likeness (QED) is 0.917. The molecular formula is C14H18ClN3. The van der Waals surface area contributed by atoms with E-state index in [-0.39, 0.29) is 0 Å². The van der Waals surface area contributed by atoms with Crippen LogP contribution in [0.4, 0.5) is 0 Å². The van der Waals surface area contributed by atoms with Gasteiger partial charge in [-0.15, -0.1) is 0 Å². The van der Waals surface area contributed by atoms with E-state index in [1.54, 1.807) is 0 Å². The second-order valence-electron chi connectivity index (χ2n) is 4.76. The predicted octanol–water partition coefficient (Wildman–Crippen LogP) is 3.33. The first kappa shape index (κ1) is 13.1. The van der Waals surface area contributed by atoms with Crippen molar-refractivity contribution in [3.63, 3.8) is 0 Å². The number of rotatable bonds is 4. The van der Waals surface area contributed by atoms with Crippen molar-refractivity contribution in [1.82, 2.24) is 15.1 Å². The summed E-state index contributed by atoms with van der Waals surface area (Å²) in [6.45, 7) is 7.15. The fourth-order valence-corrected chi connectivity index (χ4v) is 1.90. The van der Waals surface area contributed by atoms with E-state index in [1.165, 1.54) is 5.56 Å². The maximum atomic E-state index is 6.02. The van der Waals surface area contributed by atoms with E-state index in [9.17, 15) is 0 Å². The molecule has 96 valence electrons. The minimum absolute atomic E-state index is 0.473. The zero-order chi connectivity index (χ0) is 13.1. The highest BCUT2D eigenvalue weighted by Crippen LogP contribution is 2.19. The maximum Gasteiger partial charge on any atom is 0.0689 e. The number of hydrogen-bond donors (Lipinski definition) is 1. The molecule has 0 aliphatic heterocycles. The van der Waals surface area contributed by atoms with Gasteiger partial charge in [-0.2, -0.15) is 5.10 Å². The Bertz CT molecular complexity index is 532. The largest absolute Gasteiger partial charge is 0.310 e. The number of aromatic nitrogens is 2. The van der Waals surface area contributed by atoms with Crippen molar-refractivity contribution in [3.05, 3.63) is 46.7 Å². The molecule has 0 saturated heterocycles. The fourth-order valence-electron chi connectivity index (χ4n) is 1.73. The van der Waals surface area contributed by atoms with Crippen LogP contribution in [0.5, 0.6) is 0 Å². The van der Waals surface area contributed by atoms with Crippen molar-refractivity contribution < 1.29 is 0 Å². The number of benzene rings is 1. The molecule has 0 unspecified atom stereocenters. The third kappa shape index (κ3) is 3.12. The minimum Gasteiger partial charge on any atom is -0.310 e. The van der Waals surface area contributed by atoms with Gasteiger partial charge in [-0.1, -0.05) is 31.5 Å². The monoisotopic (exact) mass is 263 g/mol. The Morgan fingerprint density at radius 1 is 1.39 bits per heavy atom. The Morgan fingerprint density at radius 3 is 2.89 bits per heavy atom. The topological polar surface area (TPSA) is 29.9 Å². The van der Waals surface area contributed by atoms with Crippen LogP contribution < -0.4 is 5.32 Å². The number of aryl methyl sites for hydroxylation is 1. The molecule has 0 aliphatic rings. The van der Waals surface area contributed by atoms with Crippen LogP contribution in [0, 0.1) is 6.92 Å². The molecule has 0 saturated carbocycles. The first-order valence-corrected chi connectivity index (χ1v) is 6.47. The molecule has 2 aromatic rings. The van der Waals surface area contributed by atoms with E-state index in [1.807, 2.05) is 35.3 Å². The summed E-state index contributed by atoms with van der Waals surface area (Å²) in [7, 11) is 0. The van der Waals surface area contributed by atoms with Gasteiger partial charge in [-0.3, -0.25) is 0 Å². The normalized spacial score (nSPS) is 11.2. The van der Waals surface area contributed by atoms with Gasteiger partial charge in [0, 0.05) is 29.4 Å². The standard InChI is InChI=1S/C14H18ClN3/c1-10(2)16-7-12-8-17-18(9-12)14-6-13(15)5-4-11(14)3/h4-6,8-10,16H,7H2,1-3H3. The van der Waals surface area contributed by atoms with Gasteiger partial charge in [0.1, 0.15) is 0 Å². The van der Waals surface area contributed by atoms with Crippen molar-refractivity contribution in [1.29, 1.82) is 0 Å². The molecule has 3 nitrogen and oxygen atoms in total. The minimum atomic E-state index is 0.473.